The van der Waals surface area contributed by atoms with Crippen LogP contribution in [0.25, 0.3) is 0 Å². The third-order valence-electron chi connectivity index (χ3n) is 3.47. The first-order valence-electron chi connectivity index (χ1n) is 6.83. The molecule has 6 heteroatoms. The molecule has 2 rings (SSSR count). The Balaban J connectivity index is 2.09. The molecule has 1 heterocycles. The molecule has 0 spiro atoms. The minimum atomic E-state index is -3.65. The van der Waals surface area contributed by atoms with Crippen LogP contribution in [0.2, 0.25) is 0 Å². The van der Waals surface area contributed by atoms with E-state index < -0.39 is 10.0 Å². The number of rotatable bonds is 6. The van der Waals surface area contributed by atoms with Gasteiger partial charge in [-0.15, -0.1) is 11.3 Å². The molecule has 21 heavy (non-hydrogen) atoms. The van der Waals surface area contributed by atoms with Crippen molar-refractivity contribution in [3.05, 3.63) is 51.7 Å². The van der Waals surface area contributed by atoms with Gasteiger partial charge < -0.3 is 5.32 Å². The zero-order valence-corrected chi connectivity index (χ0v) is 13.8. The second-order valence-corrected chi connectivity index (χ2v) is 7.50. The minimum Gasteiger partial charge on any atom is -0.305 e. The Morgan fingerprint density at radius 3 is 2.76 bits per heavy atom. The van der Waals surface area contributed by atoms with Crippen LogP contribution in [0.1, 0.15) is 35.9 Å². The van der Waals surface area contributed by atoms with E-state index in [4.69, 9.17) is 5.14 Å². The molecular weight excluding hydrogens is 304 g/mol. The van der Waals surface area contributed by atoms with Crippen LogP contribution in [0, 0.1) is 0 Å². The highest BCUT2D eigenvalue weighted by Gasteiger charge is 2.12. The first-order valence-corrected chi connectivity index (χ1v) is 9.25. The summed E-state index contributed by atoms with van der Waals surface area (Å²) >= 11 is 1.74. The molecule has 114 valence electrons. The van der Waals surface area contributed by atoms with E-state index in [1.165, 1.54) is 16.5 Å². The Morgan fingerprint density at radius 2 is 2.10 bits per heavy atom. The largest absolute Gasteiger partial charge is 0.305 e. The van der Waals surface area contributed by atoms with E-state index >= 15 is 0 Å². The van der Waals surface area contributed by atoms with Gasteiger partial charge >= 0.3 is 0 Å². The molecule has 0 saturated carbocycles. The average Bonchev–Trinajstić information content (AvgIpc) is 2.91. The number of hydrogen-bond donors (Lipinski definition) is 2. The molecule has 1 aromatic carbocycles. The summed E-state index contributed by atoms with van der Waals surface area (Å²) in [4.78, 5) is 1.48. The predicted octanol–water partition coefficient (Wildman–Crippen LogP) is 2.81. The Bertz CT molecular complexity index is 708. The lowest BCUT2D eigenvalue weighted by Gasteiger charge is -2.15. The van der Waals surface area contributed by atoms with Crippen molar-refractivity contribution < 1.29 is 8.42 Å². The van der Waals surface area contributed by atoms with Crippen molar-refractivity contribution in [2.24, 2.45) is 5.14 Å². The molecule has 1 unspecified atom stereocenters. The first kappa shape index (κ1) is 16.2. The van der Waals surface area contributed by atoms with Gasteiger partial charge in [-0.2, -0.15) is 0 Å². The van der Waals surface area contributed by atoms with Gasteiger partial charge in [0.05, 0.1) is 4.90 Å². The second-order valence-electron chi connectivity index (χ2n) is 4.94. The Morgan fingerprint density at radius 1 is 1.33 bits per heavy atom. The van der Waals surface area contributed by atoms with Crippen LogP contribution in [0.4, 0.5) is 0 Å². The summed E-state index contributed by atoms with van der Waals surface area (Å²) in [5.41, 5.74) is 2.27. The Labute approximate surface area is 130 Å². The molecule has 1 atom stereocenters. The van der Waals surface area contributed by atoms with Gasteiger partial charge in [-0.25, -0.2) is 13.6 Å². The van der Waals surface area contributed by atoms with Gasteiger partial charge in [0.15, 0.2) is 0 Å². The number of sulfonamides is 1. The normalized spacial score (nSPS) is 13.3. The van der Waals surface area contributed by atoms with Crippen molar-refractivity contribution in [1.29, 1.82) is 0 Å². The van der Waals surface area contributed by atoms with Gasteiger partial charge in [0.2, 0.25) is 10.0 Å². The van der Waals surface area contributed by atoms with E-state index in [-0.39, 0.29) is 10.9 Å². The highest BCUT2D eigenvalue weighted by Crippen LogP contribution is 2.20. The van der Waals surface area contributed by atoms with Crippen LogP contribution in [0.3, 0.4) is 0 Å². The number of nitrogens with two attached hydrogens (primary N) is 1. The second kappa shape index (κ2) is 6.70. The van der Waals surface area contributed by atoms with Crippen LogP contribution < -0.4 is 10.5 Å². The highest BCUT2D eigenvalue weighted by atomic mass is 32.2. The molecule has 0 aliphatic heterocycles. The van der Waals surface area contributed by atoms with Gasteiger partial charge in [0, 0.05) is 17.5 Å². The molecule has 0 amide bonds. The Kier molecular flexibility index (Phi) is 5.16. The summed E-state index contributed by atoms with van der Waals surface area (Å²) in [7, 11) is -3.65. The fourth-order valence-corrected chi connectivity index (χ4v) is 3.66. The van der Waals surface area contributed by atoms with Crippen molar-refractivity contribution in [1.82, 2.24) is 5.32 Å². The smallest absolute Gasteiger partial charge is 0.238 e. The number of primary sulfonamides is 1. The van der Waals surface area contributed by atoms with Gasteiger partial charge in [-0.1, -0.05) is 19.1 Å². The summed E-state index contributed by atoms with van der Waals surface area (Å²) < 4.78 is 22.8. The van der Waals surface area contributed by atoms with Crippen molar-refractivity contribution >= 4 is 21.4 Å². The maximum absolute atomic E-state index is 11.4. The molecule has 3 N–H and O–H groups in total. The third kappa shape index (κ3) is 4.14. The van der Waals surface area contributed by atoms with Crippen LogP contribution in [-0.4, -0.2) is 8.42 Å². The van der Waals surface area contributed by atoms with E-state index in [0.29, 0.717) is 0 Å². The number of benzene rings is 1. The van der Waals surface area contributed by atoms with E-state index in [2.05, 4.69) is 23.7 Å². The summed E-state index contributed by atoms with van der Waals surface area (Å²) in [5, 5.41) is 10.7. The highest BCUT2D eigenvalue weighted by molar-refractivity contribution is 7.89. The monoisotopic (exact) mass is 324 g/mol. The van der Waals surface area contributed by atoms with Gasteiger partial charge in [0.1, 0.15) is 0 Å². The molecule has 4 nitrogen and oxygen atoms in total. The molecule has 0 aliphatic rings. The SMILES string of the molecule is CCc1ccsc1CNC(C)c1cccc(S(N)(=O)=O)c1. The summed E-state index contributed by atoms with van der Waals surface area (Å²) in [5.74, 6) is 0. The van der Waals surface area contributed by atoms with E-state index in [0.717, 1.165) is 18.5 Å². The predicted molar refractivity (Wildman–Crippen MR) is 86.8 cm³/mol. The fraction of sp³-hybridized carbons (Fsp3) is 0.333. The number of nitrogens with one attached hydrogen (secondary N) is 1. The van der Waals surface area contributed by atoms with E-state index in [1.54, 1.807) is 23.5 Å². The number of thiophene rings is 1. The summed E-state index contributed by atoms with van der Waals surface area (Å²) in [6, 6.07) is 8.96. The van der Waals surface area contributed by atoms with Crippen molar-refractivity contribution in [2.45, 2.75) is 37.8 Å². The van der Waals surface area contributed by atoms with Crippen molar-refractivity contribution in [3.63, 3.8) is 0 Å². The van der Waals surface area contributed by atoms with E-state index in [1.807, 2.05) is 13.0 Å². The lowest BCUT2D eigenvalue weighted by atomic mass is 10.1. The maximum atomic E-state index is 11.4. The average molecular weight is 324 g/mol. The van der Waals surface area contributed by atoms with Crippen LogP contribution in [-0.2, 0) is 23.0 Å². The molecule has 1 aromatic heterocycles. The topological polar surface area (TPSA) is 72.2 Å². The first-order chi connectivity index (χ1) is 9.91. The molecule has 0 radical (unpaired) electrons. The minimum absolute atomic E-state index is 0.0542. The van der Waals surface area contributed by atoms with Crippen LogP contribution >= 0.6 is 11.3 Å². The van der Waals surface area contributed by atoms with Crippen LogP contribution in [0.5, 0.6) is 0 Å². The molecule has 0 aliphatic carbocycles. The molecular formula is C15H20N2O2S2. The van der Waals surface area contributed by atoms with Gasteiger partial charge in [-0.3, -0.25) is 0 Å². The molecule has 0 bridgehead atoms. The van der Waals surface area contributed by atoms with E-state index in [9.17, 15) is 8.42 Å². The zero-order chi connectivity index (χ0) is 15.5. The Hall–Kier alpha value is -1.21. The van der Waals surface area contributed by atoms with Crippen LogP contribution in [0.15, 0.2) is 40.6 Å². The van der Waals surface area contributed by atoms with Gasteiger partial charge in [0.25, 0.3) is 0 Å². The molecule has 0 saturated heterocycles. The van der Waals surface area contributed by atoms with Crippen molar-refractivity contribution in [3.8, 4) is 0 Å². The number of aryl methyl sites for hydroxylation is 1. The zero-order valence-electron chi connectivity index (χ0n) is 12.2. The number of hydrogen-bond acceptors (Lipinski definition) is 4. The summed E-state index contributed by atoms with van der Waals surface area (Å²) in [6.45, 7) is 4.94. The lowest BCUT2D eigenvalue weighted by Crippen LogP contribution is -2.19. The fourth-order valence-electron chi connectivity index (χ4n) is 2.16. The molecule has 0 fully saturated rings. The third-order valence-corrected chi connectivity index (χ3v) is 5.35. The van der Waals surface area contributed by atoms with Crippen molar-refractivity contribution in [2.75, 3.05) is 0 Å². The molecule has 2 aromatic rings. The van der Waals surface area contributed by atoms with Gasteiger partial charge in [-0.05, 0) is 48.1 Å². The summed E-state index contributed by atoms with van der Waals surface area (Å²) in [6.07, 6.45) is 1.02. The lowest BCUT2D eigenvalue weighted by molar-refractivity contribution is 0.574. The quantitative estimate of drug-likeness (QED) is 0.858. The standard InChI is InChI=1S/C15H20N2O2S2/c1-3-12-7-8-20-15(12)10-17-11(2)13-5-4-6-14(9-13)21(16,18)19/h4-9,11,17H,3,10H2,1-2H3,(H2,16,18,19). The maximum Gasteiger partial charge on any atom is 0.238 e.